The van der Waals surface area contributed by atoms with Gasteiger partial charge in [0.1, 0.15) is 5.76 Å². The molecule has 1 rings (SSSR count). The molecule has 1 N–H and O–H groups in total. The second-order valence-corrected chi connectivity index (χ2v) is 3.65. The Labute approximate surface area is 89.5 Å². The van der Waals surface area contributed by atoms with Gasteiger partial charge in [-0.05, 0) is 13.0 Å². The van der Waals surface area contributed by atoms with E-state index in [4.69, 9.17) is 4.42 Å². The Bertz CT molecular complexity index is 330. The van der Waals surface area contributed by atoms with Crippen LogP contribution in [0.3, 0.4) is 0 Å². The number of aryl methyl sites for hydroxylation is 1. The molecular formula is C11H17NO3. The van der Waals surface area contributed by atoms with Crippen molar-refractivity contribution in [2.45, 2.75) is 26.4 Å². The second kappa shape index (κ2) is 4.98. The van der Waals surface area contributed by atoms with Gasteiger partial charge in [0.2, 0.25) is 0 Å². The standard InChI is InChI=1S/C11H17NO3/c1-4-10-9(5-6-15-10)11(14)12(3)7-8(2)13/h5-6,8,13H,4,7H2,1-3H3. The van der Waals surface area contributed by atoms with Crippen molar-refractivity contribution in [2.75, 3.05) is 13.6 Å². The van der Waals surface area contributed by atoms with E-state index in [1.54, 1.807) is 20.0 Å². The fourth-order valence-electron chi connectivity index (χ4n) is 1.49. The summed E-state index contributed by atoms with van der Waals surface area (Å²) in [5.41, 5.74) is 0.584. The highest BCUT2D eigenvalue weighted by Gasteiger charge is 2.18. The van der Waals surface area contributed by atoms with E-state index in [1.165, 1.54) is 11.2 Å². The molecule has 0 saturated carbocycles. The summed E-state index contributed by atoms with van der Waals surface area (Å²) in [7, 11) is 1.67. The zero-order valence-corrected chi connectivity index (χ0v) is 9.36. The molecule has 1 atom stereocenters. The summed E-state index contributed by atoms with van der Waals surface area (Å²) in [6.45, 7) is 3.91. The summed E-state index contributed by atoms with van der Waals surface area (Å²) < 4.78 is 5.18. The Morgan fingerprint density at radius 3 is 2.87 bits per heavy atom. The van der Waals surface area contributed by atoms with E-state index in [1.807, 2.05) is 6.92 Å². The lowest BCUT2D eigenvalue weighted by molar-refractivity contribution is 0.0701. The molecule has 1 amide bonds. The van der Waals surface area contributed by atoms with E-state index in [9.17, 15) is 9.90 Å². The highest BCUT2D eigenvalue weighted by molar-refractivity contribution is 5.95. The molecule has 0 aliphatic carbocycles. The van der Waals surface area contributed by atoms with Crippen molar-refractivity contribution in [1.82, 2.24) is 4.90 Å². The van der Waals surface area contributed by atoms with Crippen LogP contribution in [0.25, 0.3) is 0 Å². The molecule has 1 heterocycles. The van der Waals surface area contributed by atoms with Gasteiger partial charge in [-0.1, -0.05) is 6.92 Å². The fraction of sp³-hybridized carbons (Fsp3) is 0.545. The molecule has 0 aromatic carbocycles. The van der Waals surface area contributed by atoms with Crippen LogP contribution in [0, 0.1) is 0 Å². The summed E-state index contributed by atoms with van der Waals surface area (Å²) in [5, 5.41) is 9.18. The largest absolute Gasteiger partial charge is 0.469 e. The first-order chi connectivity index (χ1) is 7.06. The van der Waals surface area contributed by atoms with Gasteiger partial charge < -0.3 is 14.4 Å². The number of amides is 1. The second-order valence-electron chi connectivity index (χ2n) is 3.65. The molecule has 84 valence electrons. The van der Waals surface area contributed by atoms with Crippen LogP contribution in [-0.2, 0) is 6.42 Å². The number of hydrogen-bond acceptors (Lipinski definition) is 3. The van der Waals surface area contributed by atoms with Crippen LogP contribution in [0.2, 0.25) is 0 Å². The molecule has 0 radical (unpaired) electrons. The molecule has 4 nitrogen and oxygen atoms in total. The van der Waals surface area contributed by atoms with E-state index in [2.05, 4.69) is 0 Å². The minimum atomic E-state index is -0.518. The van der Waals surface area contributed by atoms with Crippen LogP contribution in [0.15, 0.2) is 16.7 Å². The topological polar surface area (TPSA) is 53.7 Å². The number of hydrogen-bond donors (Lipinski definition) is 1. The first kappa shape index (κ1) is 11.8. The van der Waals surface area contributed by atoms with Gasteiger partial charge in [0, 0.05) is 20.0 Å². The van der Waals surface area contributed by atoms with Gasteiger partial charge in [0.05, 0.1) is 17.9 Å². The van der Waals surface area contributed by atoms with Crippen molar-refractivity contribution in [3.8, 4) is 0 Å². The number of aliphatic hydroxyl groups excluding tert-OH is 1. The Morgan fingerprint density at radius 2 is 2.33 bits per heavy atom. The predicted octanol–water partition coefficient (Wildman–Crippen LogP) is 1.29. The molecule has 0 spiro atoms. The number of nitrogens with zero attached hydrogens (tertiary/aromatic N) is 1. The average Bonchev–Trinajstić information content (AvgIpc) is 2.62. The third kappa shape index (κ3) is 2.83. The third-order valence-corrected chi connectivity index (χ3v) is 2.18. The molecule has 4 heteroatoms. The maximum absolute atomic E-state index is 11.9. The van der Waals surface area contributed by atoms with Crippen LogP contribution in [0.1, 0.15) is 30.0 Å². The highest BCUT2D eigenvalue weighted by Crippen LogP contribution is 2.13. The fourth-order valence-corrected chi connectivity index (χ4v) is 1.49. The molecule has 0 aliphatic heterocycles. The van der Waals surface area contributed by atoms with Gasteiger partial charge in [0.15, 0.2) is 0 Å². The van der Waals surface area contributed by atoms with Crippen molar-refractivity contribution < 1.29 is 14.3 Å². The van der Waals surface area contributed by atoms with Crippen LogP contribution in [0.4, 0.5) is 0 Å². The molecule has 0 saturated heterocycles. The monoisotopic (exact) mass is 211 g/mol. The van der Waals surface area contributed by atoms with Gasteiger partial charge >= 0.3 is 0 Å². The molecule has 1 unspecified atom stereocenters. The summed E-state index contributed by atoms with van der Waals surface area (Å²) in [4.78, 5) is 13.4. The Kier molecular flexibility index (Phi) is 3.91. The number of carbonyl (C=O) groups excluding carboxylic acids is 1. The number of likely N-dealkylation sites (N-methyl/N-ethyl adjacent to an activating group) is 1. The smallest absolute Gasteiger partial charge is 0.257 e. The first-order valence-corrected chi connectivity index (χ1v) is 5.06. The summed E-state index contributed by atoms with van der Waals surface area (Å²) >= 11 is 0. The van der Waals surface area contributed by atoms with Crippen molar-refractivity contribution in [3.63, 3.8) is 0 Å². The molecule has 15 heavy (non-hydrogen) atoms. The minimum absolute atomic E-state index is 0.110. The Balaban J connectivity index is 2.76. The van der Waals surface area contributed by atoms with E-state index in [-0.39, 0.29) is 5.91 Å². The van der Waals surface area contributed by atoms with Crippen LogP contribution in [0.5, 0.6) is 0 Å². The SMILES string of the molecule is CCc1occc1C(=O)N(C)CC(C)O. The number of rotatable bonds is 4. The molecule has 0 aliphatic rings. The van der Waals surface area contributed by atoms with Crippen molar-refractivity contribution in [3.05, 3.63) is 23.7 Å². The maximum Gasteiger partial charge on any atom is 0.257 e. The van der Waals surface area contributed by atoms with Gasteiger partial charge in [-0.25, -0.2) is 0 Å². The lowest BCUT2D eigenvalue weighted by Gasteiger charge is -2.18. The zero-order chi connectivity index (χ0) is 11.4. The van der Waals surface area contributed by atoms with Crippen LogP contribution < -0.4 is 0 Å². The lowest BCUT2D eigenvalue weighted by Crippen LogP contribution is -2.33. The van der Waals surface area contributed by atoms with Gasteiger partial charge in [-0.15, -0.1) is 0 Å². The third-order valence-electron chi connectivity index (χ3n) is 2.18. The van der Waals surface area contributed by atoms with E-state index < -0.39 is 6.10 Å². The number of aliphatic hydroxyl groups is 1. The Morgan fingerprint density at radius 1 is 1.67 bits per heavy atom. The summed E-state index contributed by atoms with van der Waals surface area (Å²) in [5.74, 6) is 0.582. The molecular weight excluding hydrogens is 194 g/mol. The van der Waals surface area contributed by atoms with Crippen LogP contribution in [-0.4, -0.2) is 35.6 Å². The first-order valence-electron chi connectivity index (χ1n) is 5.06. The molecule has 0 fully saturated rings. The zero-order valence-electron chi connectivity index (χ0n) is 9.36. The van der Waals surface area contributed by atoms with Crippen LogP contribution >= 0.6 is 0 Å². The normalized spacial score (nSPS) is 12.5. The van der Waals surface area contributed by atoms with Gasteiger partial charge in [-0.2, -0.15) is 0 Å². The van der Waals surface area contributed by atoms with E-state index in [0.717, 1.165) is 0 Å². The molecule has 1 aromatic heterocycles. The van der Waals surface area contributed by atoms with Gasteiger partial charge in [-0.3, -0.25) is 4.79 Å². The van der Waals surface area contributed by atoms with Gasteiger partial charge in [0.25, 0.3) is 5.91 Å². The Hall–Kier alpha value is -1.29. The van der Waals surface area contributed by atoms with Crippen molar-refractivity contribution in [1.29, 1.82) is 0 Å². The number of carbonyl (C=O) groups is 1. The predicted molar refractivity (Wildman–Crippen MR) is 56.7 cm³/mol. The highest BCUT2D eigenvalue weighted by atomic mass is 16.3. The summed E-state index contributed by atoms with van der Waals surface area (Å²) in [6.07, 6.45) is 1.69. The lowest BCUT2D eigenvalue weighted by atomic mass is 10.2. The molecule has 0 bridgehead atoms. The number of furan rings is 1. The van der Waals surface area contributed by atoms with E-state index >= 15 is 0 Å². The van der Waals surface area contributed by atoms with E-state index in [0.29, 0.717) is 24.3 Å². The minimum Gasteiger partial charge on any atom is -0.469 e. The maximum atomic E-state index is 11.9. The average molecular weight is 211 g/mol. The molecule has 1 aromatic rings. The van der Waals surface area contributed by atoms with Crippen molar-refractivity contribution >= 4 is 5.91 Å². The quantitative estimate of drug-likeness (QED) is 0.816. The summed E-state index contributed by atoms with van der Waals surface area (Å²) in [6, 6.07) is 1.67. The van der Waals surface area contributed by atoms with Crippen molar-refractivity contribution in [2.24, 2.45) is 0 Å².